The van der Waals surface area contributed by atoms with Crippen molar-refractivity contribution in [1.82, 2.24) is 0 Å². The van der Waals surface area contributed by atoms with Crippen molar-refractivity contribution in [2.75, 3.05) is 6.61 Å². The number of benzene rings is 2. The van der Waals surface area contributed by atoms with Crippen LogP contribution >= 0.6 is 0 Å². The van der Waals surface area contributed by atoms with Crippen molar-refractivity contribution in [2.45, 2.75) is 32.3 Å². The number of ether oxygens (including phenoxy) is 2. The SMILES string of the molecule is CC(C)=CCc1c(O)ccc2c1OC[C@H]1c3cc4ccoc4cc3O[C@@H]21. The van der Waals surface area contributed by atoms with E-state index in [0.717, 1.165) is 39.2 Å². The minimum atomic E-state index is -0.0914. The van der Waals surface area contributed by atoms with E-state index in [-0.39, 0.29) is 17.8 Å². The van der Waals surface area contributed by atoms with Crippen molar-refractivity contribution in [3.05, 3.63) is 64.9 Å². The van der Waals surface area contributed by atoms with Gasteiger partial charge in [-0.25, -0.2) is 0 Å². The third-order valence-corrected chi connectivity index (χ3v) is 5.30. The molecule has 0 saturated heterocycles. The van der Waals surface area contributed by atoms with Crippen molar-refractivity contribution in [3.63, 3.8) is 0 Å². The number of aromatic hydroxyl groups is 1. The summed E-state index contributed by atoms with van der Waals surface area (Å²) < 4.78 is 17.9. The normalized spacial score (nSPS) is 19.9. The van der Waals surface area contributed by atoms with Gasteiger partial charge in [-0.15, -0.1) is 0 Å². The van der Waals surface area contributed by atoms with Crippen LogP contribution in [0, 0.1) is 0 Å². The Morgan fingerprint density at radius 3 is 2.92 bits per heavy atom. The van der Waals surface area contributed by atoms with Gasteiger partial charge < -0.3 is 19.0 Å². The van der Waals surface area contributed by atoms with Crippen LogP contribution in [-0.4, -0.2) is 11.7 Å². The minimum Gasteiger partial charge on any atom is -0.508 e. The smallest absolute Gasteiger partial charge is 0.138 e. The van der Waals surface area contributed by atoms with Crippen LogP contribution in [0.4, 0.5) is 0 Å². The maximum absolute atomic E-state index is 10.3. The molecule has 5 rings (SSSR count). The predicted molar refractivity (Wildman–Crippen MR) is 99.1 cm³/mol. The fourth-order valence-corrected chi connectivity index (χ4v) is 3.95. The summed E-state index contributed by atoms with van der Waals surface area (Å²) >= 11 is 0. The number of allylic oxidation sites excluding steroid dienone is 2. The molecule has 2 aromatic carbocycles. The summed E-state index contributed by atoms with van der Waals surface area (Å²) in [4.78, 5) is 0. The highest BCUT2D eigenvalue weighted by molar-refractivity contribution is 5.81. The highest BCUT2D eigenvalue weighted by Crippen LogP contribution is 2.53. The number of furan rings is 1. The summed E-state index contributed by atoms with van der Waals surface area (Å²) in [6.45, 7) is 4.64. The van der Waals surface area contributed by atoms with Gasteiger partial charge in [0.25, 0.3) is 0 Å². The average Bonchev–Trinajstić information content (AvgIpc) is 3.21. The number of hydrogen-bond acceptors (Lipinski definition) is 4. The zero-order chi connectivity index (χ0) is 17.8. The van der Waals surface area contributed by atoms with E-state index >= 15 is 0 Å². The fraction of sp³-hybridized carbons (Fsp3) is 0.273. The van der Waals surface area contributed by atoms with E-state index in [1.807, 2.05) is 18.2 Å². The van der Waals surface area contributed by atoms with Crippen molar-refractivity contribution in [1.29, 1.82) is 0 Å². The lowest BCUT2D eigenvalue weighted by Crippen LogP contribution is -2.24. The Bertz CT molecular complexity index is 1040. The van der Waals surface area contributed by atoms with Crippen molar-refractivity contribution >= 4 is 11.0 Å². The summed E-state index contributed by atoms with van der Waals surface area (Å²) in [5.41, 5.74) is 5.04. The zero-order valence-electron chi connectivity index (χ0n) is 14.8. The highest BCUT2D eigenvalue weighted by Gasteiger charge is 2.42. The molecule has 1 aromatic heterocycles. The third-order valence-electron chi connectivity index (χ3n) is 5.30. The molecule has 0 bridgehead atoms. The maximum Gasteiger partial charge on any atom is 0.138 e. The van der Waals surface area contributed by atoms with Gasteiger partial charge in [0.15, 0.2) is 0 Å². The number of hydrogen-bond donors (Lipinski definition) is 1. The van der Waals surface area contributed by atoms with Crippen LogP contribution in [-0.2, 0) is 6.42 Å². The van der Waals surface area contributed by atoms with Crippen molar-refractivity contribution in [2.24, 2.45) is 0 Å². The fourth-order valence-electron chi connectivity index (χ4n) is 3.95. The summed E-state index contributed by atoms with van der Waals surface area (Å²) in [5, 5.41) is 11.4. The van der Waals surface area contributed by atoms with Gasteiger partial charge in [-0.2, -0.15) is 0 Å². The second kappa shape index (κ2) is 5.56. The molecule has 0 fully saturated rings. The summed E-state index contributed by atoms with van der Waals surface area (Å²) in [6.07, 6.45) is 4.35. The van der Waals surface area contributed by atoms with Gasteiger partial charge in [0.1, 0.15) is 28.9 Å². The van der Waals surface area contributed by atoms with E-state index in [1.54, 1.807) is 12.3 Å². The number of phenolic OH excluding ortho intramolecular Hbond substituents is 1. The van der Waals surface area contributed by atoms with Gasteiger partial charge >= 0.3 is 0 Å². The van der Waals surface area contributed by atoms with Gasteiger partial charge in [-0.3, -0.25) is 0 Å². The van der Waals surface area contributed by atoms with Gasteiger partial charge in [-0.05, 0) is 44.5 Å². The summed E-state index contributed by atoms with van der Waals surface area (Å²) in [6, 6.07) is 9.74. The Morgan fingerprint density at radius 2 is 2.08 bits per heavy atom. The van der Waals surface area contributed by atoms with Crippen LogP contribution in [0.5, 0.6) is 17.2 Å². The lowest BCUT2D eigenvalue weighted by atomic mass is 9.87. The number of rotatable bonds is 2. The van der Waals surface area contributed by atoms with Gasteiger partial charge in [0.05, 0.1) is 18.8 Å². The van der Waals surface area contributed by atoms with E-state index < -0.39 is 0 Å². The van der Waals surface area contributed by atoms with Crippen molar-refractivity contribution < 1.29 is 19.0 Å². The quantitative estimate of drug-likeness (QED) is 0.642. The first kappa shape index (κ1) is 15.4. The van der Waals surface area contributed by atoms with Crippen LogP contribution < -0.4 is 9.47 Å². The second-order valence-electron chi connectivity index (χ2n) is 7.27. The second-order valence-corrected chi connectivity index (χ2v) is 7.27. The molecule has 132 valence electrons. The summed E-state index contributed by atoms with van der Waals surface area (Å²) in [7, 11) is 0. The number of fused-ring (bicyclic) bond motifs is 6. The van der Waals surface area contributed by atoms with Crippen LogP contribution in [0.1, 0.15) is 42.6 Å². The molecule has 0 aliphatic carbocycles. The van der Waals surface area contributed by atoms with Crippen LogP contribution in [0.25, 0.3) is 11.0 Å². The topological polar surface area (TPSA) is 51.8 Å². The lowest BCUT2D eigenvalue weighted by molar-refractivity contribution is 0.138. The molecule has 0 amide bonds. The largest absolute Gasteiger partial charge is 0.508 e. The molecule has 26 heavy (non-hydrogen) atoms. The molecule has 0 radical (unpaired) electrons. The van der Waals surface area contributed by atoms with Gasteiger partial charge in [-0.1, -0.05) is 11.6 Å². The van der Waals surface area contributed by atoms with E-state index in [1.165, 1.54) is 5.57 Å². The molecule has 0 saturated carbocycles. The molecular weight excluding hydrogens is 328 g/mol. The maximum atomic E-state index is 10.3. The van der Waals surface area contributed by atoms with E-state index in [9.17, 15) is 5.11 Å². The first-order valence-corrected chi connectivity index (χ1v) is 8.90. The molecule has 3 aromatic rings. The van der Waals surface area contributed by atoms with Crippen LogP contribution in [0.3, 0.4) is 0 Å². The van der Waals surface area contributed by atoms with E-state index in [4.69, 9.17) is 13.9 Å². The molecule has 1 N–H and O–H groups in total. The van der Waals surface area contributed by atoms with Gasteiger partial charge in [0, 0.05) is 28.1 Å². The standard InChI is InChI=1S/C22H20O4/c1-12(2)3-4-14-18(23)6-5-15-21(14)25-11-17-16-9-13-7-8-24-19(13)10-20(16)26-22(15)17/h3,5-10,17,22-23H,4,11H2,1-2H3/t17-,22-/m0/s1. The van der Waals surface area contributed by atoms with Crippen LogP contribution in [0.15, 0.2) is 52.7 Å². The molecule has 0 unspecified atom stereocenters. The molecular formula is C22H20O4. The Kier molecular flexibility index (Phi) is 3.29. The Morgan fingerprint density at radius 1 is 1.19 bits per heavy atom. The van der Waals surface area contributed by atoms with Crippen molar-refractivity contribution in [3.8, 4) is 17.2 Å². The highest BCUT2D eigenvalue weighted by atomic mass is 16.5. The lowest BCUT2D eigenvalue weighted by Gasteiger charge is -2.29. The molecule has 4 heteroatoms. The van der Waals surface area contributed by atoms with Crippen LogP contribution in [0.2, 0.25) is 0 Å². The first-order chi connectivity index (χ1) is 12.6. The Labute approximate surface area is 151 Å². The van der Waals surface area contributed by atoms with E-state index in [0.29, 0.717) is 13.0 Å². The minimum absolute atomic E-state index is 0.0914. The number of phenols is 1. The third kappa shape index (κ3) is 2.22. The average molecular weight is 348 g/mol. The Hall–Kier alpha value is -2.88. The summed E-state index contributed by atoms with van der Waals surface area (Å²) in [5.74, 6) is 2.04. The molecule has 2 aliphatic heterocycles. The Balaban J connectivity index is 1.58. The monoisotopic (exact) mass is 348 g/mol. The molecule has 4 nitrogen and oxygen atoms in total. The first-order valence-electron chi connectivity index (χ1n) is 8.90. The molecule has 3 heterocycles. The molecule has 2 atom stereocenters. The van der Waals surface area contributed by atoms with Gasteiger partial charge in [0.2, 0.25) is 0 Å². The molecule has 0 spiro atoms. The predicted octanol–water partition coefficient (Wildman–Crippen LogP) is 5.26. The molecule has 2 aliphatic rings. The van der Waals surface area contributed by atoms with E-state index in [2.05, 4.69) is 26.0 Å². The zero-order valence-corrected chi connectivity index (χ0v) is 14.8.